The first-order valence-corrected chi connectivity index (χ1v) is 9.78. The van der Waals surface area contributed by atoms with E-state index in [1.807, 2.05) is 30.9 Å². The number of fused-ring (bicyclic) bond motifs is 1. The Morgan fingerprint density at radius 1 is 1.26 bits per heavy atom. The molecule has 3 heterocycles. The number of carbonyl (C=O) groups excluding carboxylic acids is 1. The van der Waals surface area contributed by atoms with Crippen LogP contribution in [0.25, 0.3) is 0 Å². The highest BCUT2D eigenvalue weighted by Gasteiger charge is 2.32. The number of piperidine rings is 1. The van der Waals surface area contributed by atoms with Gasteiger partial charge in [0, 0.05) is 25.1 Å². The highest BCUT2D eigenvalue weighted by atomic mass is 16.5. The third kappa shape index (κ3) is 3.51. The second kappa shape index (κ2) is 7.44. The molecule has 6 heteroatoms. The summed E-state index contributed by atoms with van der Waals surface area (Å²) in [5.74, 6) is 0.492. The summed E-state index contributed by atoms with van der Waals surface area (Å²) >= 11 is 0. The van der Waals surface area contributed by atoms with E-state index in [4.69, 9.17) is 4.74 Å². The van der Waals surface area contributed by atoms with E-state index < -0.39 is 0 Å². The summed E-state index contributed by atoms with van der Waals surface area (Å²) in [7, 11) is 0. The lowest BCUT2D eigenvalue weighted by atomic mass is 9.88. The van der Waals surface area contributed by atoms with E-state index in [0.717, 1.165) is 49.2 Å². The summed E-state index contributed by atoms with van der Waals surface area (Å²) in [6.07, 6.45) is 2.68. The number of aliphatic hydroxyl groups is 1. The van der Waals surface area contributed by atoms with Gasteiger partial charge in [-0.05, 0) is 43.7 Å². The van der Waals surface area contributed by atoms with Crippen molar-refractivity contribution in [2.24, 2.45) is 0 Å². The summed E-state index contributed by atoms with van der Waals surface area (Å²) in [6.45, 7) is 5.59. The highest BCUT2D eigenvalue weighted by Crippen LogP contribution is 2.32. The maximum Gasteiger partial charge on any atom is 0.274 e. The van der Waals surface area contributed by atoms with Gasteiger partial charge in [-0.3, -0.25) is 9.89 Å². The average Bonchev–Trinajstić information content (AvgIpc) is 3.12. The number of rotatable bonds is 3. The number of hydrogen-bond acceptors (Lipinski definition) is 4. The van der Waals surface area contributed by atoms with Crippen molar-refractivity contribution in [1.29, 1.82) is 0 Å². The molecule has 0 aliphatic carbocycles. The third-order valence-corrected chi connectivity index (χ3v) is 5.85. The number of aliphatic hydroxyl groups excluding tert-OH is 1. The number of nitrogens with one attached hydrogen (secondary N) is 1. The number of ether oxygens (including phenoxy) is 1. The molecule has 1 fully saturated rings. The van der Waals surface area contributed by atoms with Crippen LogP contribution in [0, 0.1) is 0 Å². The SMILES string of the molecule is C[C@@H]1Cc2c(C(=O)N3CCC(c4ccc(CO)cc4)CC3)n[nH]c2[C@H](C)O1. The van der Waals surface area contributed by atoms with E-state index in [2.05, 4.69) is 22.3 Å². The molecular formula is C21H27N3O3. The lowest BCUT2D eigenvalue weighted by Gasteiger charge is -2.32. The Labute approximate surface area is 159 Å². The molecule has 4 rings (SSSR count). The zero-order valence-electron chi connectivity index (χ0n) is 15.9. The fraction of sp³-hybridized carbons (Fsp3) is 0.524. The van der Waals surface area contributed by atoms with E-state index in [-0.39, 0.29) is 24.7 Å². The maximum atomic E-state index is 13.0. The van der Waals surface area contributed by atoms with Gasteiger partial charge in [-0.25, -0.2) is 0 Å². The summed E-state index contributed by atoms with van der Waals surface area (Å²) < 4.78 is 5.82. The number of H-pyrrole nitrogens is 1. The minimum atomic E-state index is -0.0505. The molecule has 2 aliphatic rings. The van der Waals surface area contributed by atoms with Gasteiger partial charge in [0.15, 0.2) is 5.69 Å². The van der Waals surface area contributed by atoms with Crippen molar-refractivity contribution in [2.45, 2.75) is 57.8 Å². The number of aromatic amines is 1. The molecule has 2 N–H and O–H groups in total. The normalized spacial score (nSPS) is 23.3. The van der Waals surface area contributed by atoms with Crippen molar-refractivity contribution in [1.82, 2.24) is 15.1 Å². The Kier molecular flexibility index (Phi) is 5.02. The summed E-state index contributed by atoms with van der Waals surface area (Å²) in [6, 6.07) is 8.15. The van der Waals surface area contributed by atoms with Gasteiger partial charge in [0.1, 0.15) is 0 Å². The summed E-state index contributed by atoms with van der Waals surface area (Å²) in [5.41, 5.74) is 4.75. The van der Waals surface area contributed by atoms with Crippen molar-refractivity contribution in [3.05, 3.63) is 52.3 Å². The van der Waals surface area contributed by atoms with Crippen molar-refractivity contribution in [3.8, 4) is 0 Å². The average molecular weight is 369 g/mol. The van der Waals surface area contributed by atoms with Gasteiger partial charge < -0.3 is 14.7 Å². The van der Waals surface area contributed by atoms with Crippen LogP contribution in [0.5, 0.6) is 0 Å². The minimum absolute atomic E-state index is 0.0304. The van der Waals surface area contributed by atoms with Crippen molar-refractivity contribution in [3.63, 3.8) is 0 Å². The van der Waals surface area contributed by atoms with E-state index in [1.54, 1.807) is 0 Å². The van der Waals surface area contributed by atoms with Crippen LogP contribution in [0.2, 0.25) is 0 Å². The Morgan fingerprint density at radius 3 is 2.63 bits per heavy atom. The molecule has 1 saturated heterocycles. The van der Waals surface area contributed by atoms with Crippen LogP contribution in [-0.4, -0.2) is 45.3 Å². The fourth-order valence-corrected chi connectivity index (χ4v) is 4.31. The first-order chi connectivity index (χ1) is 13.1. The second-order valence-corrected chi connectivity index (χ2v) is 7.72. The van der Waals surface area contributed by atoms with Gasteiger partial charge in [0.2, 0.25) is 0 Å². The Balaban J connectivity index is 1.43. The minimum Gasteiger partial charge on any atom is -0.392 e. The molecule has 1 amide bonds. The molecular weight excluding hydrogens is 342 g/mol. The topological polar surface area (TPSA) is 78.5 Å². The molecule has 1 aromatic heterocycles. The van der Waals surface area contributed by atoms with Gasteiger partial charge in [0.25, 0.3) is 5.91 Å². The third-order valence-electron chi connectivity index (χ3n) is 5.85. The Bertz CT molecular complexity index is 807. The zero-order chi connectivity index (χ0) is 19.0. The van der Waals surface area contributed by atoms with E-state index >= 15 is 0 Å². The lowest BCUT2D eigenvalue weighted by Crippen LogP contribution is -2.38. The van der Waals surface area contributed by atoms with Crippen molar-refractivity contribution in [2.75, 3.05) is 13.1 Å². The van der Waals surface area contributed by atoms with Gasteiger partial charge in [-0.15, -0.1) is 0 Å². The van der Waals surface area contributed by atoms with Gasteiger partial charge >= 0.3 is 0 Å². The van der Waals surface area contributed by atoms with E-state index in [9.17, 15) is 9.90 Å². The molecule has 0 bridgehead atoms. The van der Waals surface area contributed by atoms with Crippen LogP contribution < -0.4 is 0 Å². The lowest BCUT2D eigenvalue weighted by molar-refractivity contribution is -0.00703. The molecule has 0 saturated carbocycles. The summed E-state index contributed by atoms with van der Waals surface area (Å²) in [4.78, 5) is 15.0. The van der Waals surface area contributed by atoms with Crippen LogP contribution in [0.15, 0.2) is 24.3 Å². The first kappa shape index (κ1) is 18.2. The maximum absolute atomic E-state index is 13.0. The van der Waals surface area contributed by atoms with Crippen molar-refractivity contribution >= 4 is 5.91 Å². The number of carbonyl (C=O) groups is 1. The van der Waals surface area contributed by atoms with E-state index in [1.165, 1.54) is 5.56 Å². The Hall–Kier alpha value is -2.18. The van der Waals surface area contributed by atoms with Crippen LogP contribution in [-0.2, 0) is 17.8 Å². The van der Waals surface area contributed by atoms with Crippen LogP contribution in [0.1, 0.15) is 71.6 Å². The Morgan fingerprint density at radius 2 is 1.96 bits per heavy atom. The molecule has 144 valence electrons. The van der Waals surface area contributed by atoms with Gasteiger partial charge in [-0.1, -0.05) is 24.3 Å². The number of hydrogen-bond donors (Lipinski definition) is 2. The zero-order valence-corrected chi connectivity index (χ0v) is 15.9. The summed E-state index contributed by atoms with van der Waals surface area (Å²) in [5, 5.41) is 16.5. The molecule has 0 spiro atoms. The van der Waals surface area contributed by atoms with Crippen LogP contribution >= 0.6 is 0 Å². The number of nitrogens with zero attached hydrogens (tertiary/aromatic N) is 2. The largest absolute Gasteiger partial charge is 0.392 e. The quantitative estimate of drug-likeness (QED) is 0.872. The highest BCUT2D eigenvalue weighted by molar-refractivity contribution is 5.94. The molecule has 1 aromatic carbocycles. The van der Waals surface area contributed by atoms with Gasteiger partial charge in [0.05, 0.1) is 24.5 Å². The molecule has 27 heavy (non-hydrogen) atoms. The number of aromatic nitrogens is 2. The smallest absolute Gasteiger partial charge is 0.274 e. The molecule has 2 aromatic rings. The predicted molar refractivity (Wildman–Crippen MR) is 101 cm³/mol. The molecule has 0 unspecified atom stereocenters. The first-order valence-electron chi connectivity index (χ1n) is 9.78. The van der Waals surface area contributed by atoms with Gasteiger partial charge in [-0.2, -0.15) is 5.10 Å². The molecule has 2 aliphatic heterocycles. The van der Waals surface area contributed by atoms with Crippen LogP contribution in [0.4, 0.5) is 0 Å². The number of benzene rings is 1. The van der Waals surface area contributed by atoms with E-state index in [0.29, 0.717) is 11.6 Å². The van der Waals surface area contributed by atoms with Crippen molar-refractivity contribution < 1.29 is 14.6 Å². The fourth-order valence-electron chi connectivity index (χ4n) is 4.31. The molecule has 6 nitrogen and oxygen atoms in total. The monoisotopic (exact) mass is 369 g/mol. The second-order valence-electron chi connectivity index (χ2n) is 7.72. The molecule has 2 atom stereocenters. The number of amides is 1. The molecule has 0 radical (unpaired) electrons. The number of likely N-dealkylation sites (tertiary alicyclic amines) is 1. The standard InChI is InChI=1S/C21H27N3O3/c1-13-11-18-19(14(2)27-13)22-23-20(18)21(26)24-9-7-17(8-10-24)16-5-3-15(12-25)4-6-16/h3-6,13-14,17,25H,7-12H2,1-2H3,(H,22,23)/t13-,14+/m1/s1. The predicted octanol–water partition coefficient (Wildman–Crippen LogP) is 2.94. The van der Waals surface area contributed by atoms with Crippen LogP contribution in [0.3, 0.4) is 0 Å².